The number of aryl methyl sites for hydroxylation is 1. The maximum atomic E-state index is 8.81. The van der Waals surface area contributed by atoms with Gasteiger partial charge in [0.1, 0.15) is 6.29 Å². The molecule has 2 heteroatoms. The van der Waals surface area contributed by atoms with Gasteiger partial charge in [-0.3, -0.25) is 0 Å². The quantitative estimate of drug-likeness (QED) is 0.536. The first-order valence-electron chi connectivity index (χ1n) is 5.61. The summed E-state index contributed by atoms with van der Waals surface area (Å²) >= 11 is 0. The Kier molecular flexibility index (Phi) is 3.24. The molecular weight excluding hydrogens is 210 g/mol. The monoisotopic (exact) mass is 225 g/mol. The van der Waals surface area contributed by atoms with E-state index in [1.807, 2.05) is 0 Å². The van der Waals surface area contributed by atoms with E-state index in [-0.39, 0.29) is 0 Å². The molecule has 86 valence electrons. The summed E-state index contributed by atoms with van der Waals surface area (Å²) in [7, 11) is 2.12. The molecule has 17 heavy (non-hydrogen) atoms. The topological polar surface area (TPSA) is 22.0 Å². The van der Waals surface area contributed by atoms with Crippen LogP contribution in [0.15, 0.2) is 48.5 Å². The molecule has 2 nitrogen and oxygen atoms in total. The second kappa shape index (κ2) is 4.83. The summed E-state index contributed by atoms with van der Waals surface area (Å²) in [5.74, 6) is 0. The number of hydrogen-bond acceptors (Lipinski definition) is 1. The highest BCUT2D eigenvalue weighted by Gasteiger charge is 2.04. The Labute approximate surface area is 100 Å². The first kappa shape index (κ1) is 11.4. The molecule has 0 radical (unpaired) electrons. The van der Waals surface area contributed by atoms with Gasteiger partial charge in [0.25, 0.3) is 0 Å². The third kappa shape index (κ3) is 1.94. The molecule has 0 bridgehead atoms. The normalized spacial score (nSPS) is 10.0. The smallest absolute Gasteiger partial charge is 0.116 e. The van der Waals surface area contributed by atoms with Crippen LogP contribution in [0, 0.1) is 0 Å². The van der Waals surface area contributed by atoms with Crippen molar-refractivity contribution in [3.63, 3.8) is 0 Å². The Morgan fingerprint density at radius 1 is 0.882 bits per heavy atom. The standard InChI is InChI=1S/C13H11N.C2H4O/c1-14-12-8-4-2-6-10(12)11-7-3-5-9-13(11)14;1-2-3/h2-9H,1H3;2H,1H3. The van der Waals surface area contributed by atoms with Crippen LogP contribution in [-0.2, 0) is 11.8 Å². The first-order valence-corrected chi connectivity index (χ1v) is 5.61. The minimum absolute atomic E-state index is 0.750. The predicted octanol–water partition coefficient (Wildman–Crippen LogP) is 3.54. The zero-order valence-electron chi connectivity index (χ0n) is 10.1. The van der Waals surface area contributed by atoms with E-state index in [4.69, 9.17) is 4.79 Å². The van der Waals surface area contributed by atoms with E-state index in [0.29, 0.717) is 0 Å². The molecule has 0 atom stereocenters. The highest BCUT2D eigenvalue weighted by Crippen LogP contribution is 2.26. The van der Waals surface area contributed by atoms with Gasteiger partial charge >= 0.3 is 0 Å². The van der Waals surface area contributed by atoms with Crippen molar-refractivity contribution in [2.24, 2.45) is 7.05 Å². The van der Waals surface area contributed by atoms with Crippen LogP contribution in [0.25, 0.3) is 21.8 Å². The van der Waals surface area contributed by atoms with Gasteiger partial charge in [-0.1, -0.05) is 36.4 Å². The molecule has 0 spiro atoms. The van der Waals surface area contributed by atoms with Crippen LogP contribution in [0.1, 0.15) is 6.92 Å². The van der Waals surface area contributed by atoms with E-state index in [9.17, 15) is 0 Å². The number of fused-ring (bicyclic) bond motifs is 3. The lowest BCUT2D eigenvalue weighted by Crippen LogP contribution is -1.84. The van der Waals surface area contributed by atoms with Crippen LogP contribution in [0.3, 0.4) is 0 Å². The fourth-order valence-corrected chi connectivity index (χ4v) is 2.12. The Morgan fingerprint density at radius 2 is 1.24 bits per heavy atom. The molecule has 0 fully saturated rings. The largest absolute Gasteiger partial charge is 0.344 e. The van der Waals surface area contributed by atoms with Gasteiger partial charge in [-0.05, 0) is 19.1 Å². The molecule has 3 aromatic rings. The van der Waals surface area contributed by atoms with Gasteiger partial charge in [0.15, 0.2) is 0 Å². The van der Waals surface area contributed by atoms with Crippen LogP contribution in [0.2, 0.25) is 0 Å². The summed E-state index contributed by atoms with van der Waals surface area (Å²) in [4.78, 5) is 8.81. The third-order valence-corrected chi connectivity index (χ3v) is 2.82. The molecule has 1 heterocycles. The van der Waals surface area contributed by atoms with Crippen molar-refractivity contribution in [3.05, 3.63) is 48.5 Å². The van der Waals surface area contributed by atoms with E-state index in [1.54, 1.807) is 0 Å². The van der Waals surface area contributed by atoms with Crippen molar-refractivity contribution in [3.8, 4) is 0 Å². The second-order valence-electron chi connectivity index (χ2n) is 3.83. The van der Waals surface area contributed by atoms with Crippen LogP contribution >= 0.6 is 0 Å². The molecule has 0 aliphatic rings. The number of carbonyl (C=O) groups is 1. The number of aldehydes is 1. The van der Waals surface area contributed by atoms with E-state index in [0.717, 1.165) is 6.29 Å². The van der Waals surface area contributed by atoms with Crippen LogP contribution in [0.4, 0.5) is 0 Å². The lowest BCUT2D eigenvalue weighted by atomic mass is 10.2. The Morgan fingerprint density at radius 3 is 1.65 bits per heavy atom. The number of hydrogen-bond donors (Lipinski definition) is 0. The van der Waals surface area contributed by atoms with Crippen LogP contribution in [-0.4, -0.2) is 10.9 Å². The molecular formula is C15H15NO. The van der Waals surface area contributed by atoms with Crippen LogP contribution in [0.5, 0.6) is 0 Å². The number of aromatic nitrogens is 1. The highest BCUT2D eigenvalue weighted by atomic mass is 16.1. The molecule has 0 amide bonds. The van der Waals surface area contributed by atoms with Gasteiger partial charge in [0.05, 0.1) is 0 Å². The highest BCUT2D eigenvalue weighted by molar-refractivity contribution is 6.07. The van der Waals surface area contributed by atoms with Crippen molar-refractivity contribution in [1.82, 2.24) is 4.57 Å². The number of benzene rings is 2. The van der Waals surface area contributed by atoms with Gasteiger partial charge in [0.2, 0.25) is 0 Å². The zero-order chi connectivity index (χ0) is 12.3. The van der Waals surface area contributed by atoms with Crippen molar-refractivity contribution in [2.75, 3.05) is 0 Å². The minimum atomic E-state index is 0.750. The molecule has 0 aliphatic heterocycles. The summed E-state index contributed by atoms with van der Waals surface area (Å²) in [6.07, 6.45) is 0.750. The molecule has 0 N–H and O–H groups in total. The van der Waals surface area contributed by atoms with Crippen molar-refractivity contribution >= 4 is 28.1 Å². The average Bonchev–Trinajstić information content (AvgIpc) is 2.66. The lowest BCUT2D eigenvalue weighted by Gasteiger charge is -1.95. The third-order valence-electron chi connectivity index (χ3n) is 2.82. The number of rotatable bonds is 0. The van der Waals surface area contributed by atoms with Gasteiger partial charge in [-0.2, -0.15) is 0 Å². The molecule has 0 saturated heterocycles. The Balaban J connectivity index is 0.000000329. The first-order chi connectivity index (χ1) is 8.29. The van der Waals surface area contributed by atoms with Crippen molar-refractivity contribution in [1.29, 1.82) is 0 Å². The molecule has 0 aliphatic carbocycles. The molecule has 1 aromatic heterocycles. The van der Waals surface area contributed by atoms with Crippen molar-refractivity contribution < 1.29 is 4.79 Å². The van der Waals surface area contributed by atoms with E-state index >= 15 is 0 Å². The lowest BCUT2D eigenvalue weighted by molar-refractivity contribution is -0.106. The second-order valence-corrected chi connectivity index (χ2v) is 3.83. The van der Waals surface area contributed by atoms with Gasteiger partial charge in [-0.15, -0.1) is 0 Å². The Hall–Kier alpha value is -2.09. The Bertz CT molecular complexity index is 599. The van der Waals surface area contributed by atoms with Gasteiger partial charge in [-0.25, -0.2) is 0 Å². The van der Waals surface area contributed by atoms with E-state index in [2.05, 4.69) is 60.1 Å². The number of para-hydroxylation sites is 2. The zero-order valence-corrected chi connectivity index (χ0v) is 10.1. The average molecular weight is 225 g/mol. The molecule has 3 rings (SSSR count). The van der Waals surface area contributed by atoms with E-state index < -0.39 is 0 Å². The fourth-order valence-electron chi connectivity index (χ4n) is 2.12. The minimum Gasteiger partial charge on any atom is -0.344 e. The number of carbonyl (C=O) groups excluding carboxylic acids is 1. The fraction of sp³-hybridized carbons (Fsp3) is 0.133. The molecule has 0 unspecified atom stereocenters. The summed E-state index contributed by atoms with van der Waals surface area (Å²) in [5, 5.41) is 2.68. The van der Waals surface area contributed by atoms with Gasteiger partial charge in [0, 0.05) is 28.9 Å². The van der Waals surface area contributed by atoms with Crippen molar-refractivity contribution in [2.45, 2.75) is 6.92 Å². The maximum Gasteiger partial charge on any atom is 0.116 e. The van der Waals surface area contributed by atoms with Gasteiger partial charge < -0.3 is 9.36 Å². The summed E-state index contributed by atoms with van der Waals surface area (Å²) in [5.41, 5.74) is 2.60. The molecule has 2 aromatic carbocycles. The summed E-state index contributed by atoms with van der Waals surface area (Å²) in [6, 6.07) is 17.0. The summed E-state index contributed by atoms with van der Waals surface area (Å²) < 4.78 is 2.24. The maximum absolute atomic E-state index is 8.81. The number of nitrogens with zero attached hydrogens (tertiary/aromatic N) is 1. The summed E-state index contributed by atoms with van der Waals surface area (Å²) in [6.45, 7) is 1.44. The SMILES string of the molecule is CC=O.Cn1c2ccccc2c2ccccc21. The predicted molar refractivity (Wildman–Crippen MR) is 72.2 cm³/mol. The molecule has 0 saturated carbocycles. The van der Waals surface area contributed by atoms with Crippen LogP contribution < -0.4 is 0 Å². The van der Waals surface area contributed by atoms with E-state index in [1.165, 1.54) is 28.7 Å².